The molecule has 156 valence electrons. The number of nitrogens with zero attached hydrogens (tertiary/aromatic N) is 4. The lowest BCUT2D eigenvalue weighted by molar-refractivity contribution is 0.404. The summed E-state index contributed by atoms with van der Waals surface area (Å²) in [6.07, 6.45) is 3.40. The van der Waals surface area contributed by atoms with Gasteiger partial charge in [-0.3, -0.25) is 4.98 Å². The fourth-order valence-electron chi connectivity index (χ4n) is 3.57. The normalized spacial score (nSPS) is 14.0. The van der Waals surface area contributed by atoms with Gasteiger partial charge in [-0.1, -0.05) is 0 Å². The predicted octanol–water partition coefficient (Wildman–Crippen LogP) is 3.77. The van der Waals surface area contributed by atoms with Crippen molar-refractivity contribution in [2.45, 2.75) is 0 Å². The maximum Gasteiger partial charge on any atom is 0.149 e. The molecule has 0 bridgehead atoms. The van der Waals surface area contributed by atoms with E-state index in [1.54, 1.807) is 26.6 Å². The first-order chi connectivity index (χ1) is 14.6. The molecule has 0 atom stereocenters. The van der Waals surface area contributed by atoms with Crippen LogP contribution in [0.4, 0.5) is 20.3 Å². The number of anilines is 2. The van der Waals surface area contributed by atoms with E-state index in [9.17, 15) is 8.78 Å². The lowest BCUT2D eigenvalue weighted by Crippen LogP contribution is -2.47. The largest absolute Gasteiger partial charge is 0.497 e. The molecule has 0 amide bonds. The Morgan fingerprint density at radius 2 is 1.63 bits per heavy atom. The van der Waals surface area contributed by atoms with E-state index in [-0.39, 0.29) is 0 Å². The molecule has 0 N–H and O–H groups in total. The van der Waals surface area contributed by atoms with Gasteiger partial charge in [-0.15, -0.1) is 0 Å². The standard InChI is InChI=1S/C22H22F2N4O2/c1-29-16-4-6-21(30-2)17(12-16)19-13-25-14-22(26-19)28-9-7-27(8-10-28)20-5-3-15(23)11-18(20)24/h3-6,11-14H,7-10H2,1-2H3. The molecule has 3 aromatic rings. The van der Waals surface area contributed by atoms with Crippen LogP contribution in [0.3, 0.4) is 0 Å². The third-order valence-electron chi connectivity index (χ3n) is 5.16. The third kappa shape index (κ3) is 3.98. The van der Waals surface area contributed by atoms with Gasteiger partial charge < -0.3 is 19.3 Å². The number of ether oxygens (including phenoxy) is 2. The van der Waals surface area contributed by atoms with Crippen molar-refractivity contribution in [2.24, 2.45) is 0 Å². The van der Waals surface area contributed by atoms with E-state index in [0.717, 1.165) is 17.4 Å². The third-order valence-corrected chi connectivity index (χ3v) is 5.16. The highest BCUT2D eigenvalue weighted by atomic mass is 19.1. The Bertz CT molecular complexity index is 1040. The zero-order valence-corrected chi connectivity index (χ0v) is 16.8. The fraction of sp³-hybridized carbons (Fsp3) is 0.273. The lowest BCUT2D eigenvalue weighted by atomic mass is 10.1. The lowest BCUT2D eigenvalue weighted by Gasteiger charge is -2.36. The molecule has 4 rings (SSSR count). The fourth-order valence-corrected chi connectivity index (χ4v) is 3.57. The van der Waals surface area contributed by atoms with Crippen LogP contribution in [-0.4, -0.2) is 50.4 Å². The van der Waals surface area contributed by atoms with E-state index in [1.807, 2.05) is 23.1 Å². The molecule has 30 heavy (non-hydrogen) atoms. The van der Waals surface area contributed by atoms with Crippen LogP contribution in [0.5, 0.6) is 11.5 Å². The minimum atomic E-state index is -0.574. The monoisotopic (exact) mass is 412 g/mol. The number of rotatable bonds is 5. The molecule has 8 heteroatoms. The summed E-state index contributed by atoms with van der Waals surface area (Å²) in [7, 11) is 3.22. The van der Waals surface area contributed by atoms with Crippen molar-refractivity contribution >= 4 is 11.5 Å². The quantitative estimate of drug-likeness (QED) is 0.636. The minimum absolute atomic E-state index is 0.414. The van der Waals surface area contributed by atoms with Crippen LogP contribution >= 0.6 is 0 Å². The molecule has 0 spiro atoms. The molecule has 0 saturated carbocycles. The van der Waals surface area contributed by atoms with Crippen LogP contribution in [0.2, 0.25) is 0 Å². The average molecular weight is 412 g/mol. The van der Waals surface area contributed by atoms with Crippen molar-refractivity contribution in [2.75, 3.05) is 50.2 Å². The SMILES string of the molecule is COc1ccc(OC)c(-c2cncc(N3CCN(c4ccc(F)cc4F)CC3)n2)c1. The van der Waals surface area contributed by atoms with Gasteiger partial charge in [0.1, 0.15) is 29.0 Å². The van der Waals surface area contributed by atoms with Gasteiger partial charge in [0.05, 0.1) is 38.0 Å². The maximum atomic E-state index is 14.1. The second kappa shape index (κ2) is 8.52. The van der Waals surface area contributed by atoms with Gasteiger partial charge in [-0.05, 0) is 30.3 Å². The summed E-state index contributed by atoms with van der Waals surface area (Å²) in [6, 6.07) is 9.20. The highest BCUT2D eigenvalue weighted by Crippen LogP contribution is 2.33. The number of aromatic nitrogens is 2. The highest BCUT2D eigenvalue weighted by Gasteiger charge is 2.21. The molecule has 0 unspecified atom stereocenters. The van der Waals surface area contributed by atoms with Crippen LogP contribution in [0.25, 0.3) is 11.3 Å². The van der Waals surface area contributed by atoms with Crippen molar-refractivity contribution in [3.05, 3.63) is 60.4 Å². The van der Waals surface area contributed by atoms with E-state index in [0.29, 0.717) is 49.1 Å². The number of hydrogen-bond acceptors (Lipinski definition) is 6. The second-order valence-electron chi connectivity index (χ2n) is 6.90. The van der Waals surface area contributed by atoms with Crippen molar-refractivity contribution in [3.63, 3.8) is 0 Å². The molecule has 0 aliphatic carbocycles. The Labute approximate surface area is 173 Å². The summed E-state index contributed by atoms with van der Waals surface area (Å²) >= 11 is 0. The molecule has 1 aromatic heterocycles. The first-order valence-corrected chi connectivity index (χ1v) is 9.58. The summed E-state index contributed by atoms with van der Waals surface area (Å²) in [6.45, 7) is 2.47. The van der Waals surface area contributed by atoms with Crippen molar-refractivity contribution in [1.82, 2.24) is 9.97 Å². The van der Waals surface area contributed by atoms with Gasteiger partial charge in [-0.25, -0.2) is 13.8 Å². The Hall–Kier alpha value is -3.42. The van der Waals surface area contributed by atoms with E-state index in [4.69, 9.17) is 14.5 Å². The molecule has 1 fully saturated rings. The minimum Gasteiger partial charge on any atom is -0.497 e. The van der Waals surface area contributed by atoms with Crippen LogP contribution in [0, 0.1) is 11.6 Å². The number of halogens is 2. The summed E-state index contributed by atoms with van der Waals surface area (Å²) in [5, 5.41) is 0. The van der Waals surface area contributed by atoms with Crippen LogP contribution in [0.15, 0.2) is 48.8 Å². The Kier molecular flexibility index (Phi) is 5.65. The predicted molar refractivity (Wildman–Crippen MR) is 111 cm³/mol. The molecule has 0 radical (unpaired) electrons. The summed E-state index contributed by atoms with van der Waals surface area (Å²) in [4.78, 5) is 13.1. The van der Waals surface area contributed by atoms with Gasteiger partial charge in [0.25, 0.3) is 0 Å². The zero-order chi connectivity index (χ0) is 21.1. The molecular formula is C22H22F2N4O2. The molecule has 1 saturated heterocycles. The highest BCUT2D eigenvalue weighted by molar-refractivity contribution is 5.69. The van der Waals surface area contributed by atoms with Gasteiger partial charge in [0.15, 0.2) is 0 Å². The molecule has 6 nitrogen and oxygen atoms in total. The Morgan fingerprint density at radius 1 is 0.867 bits per heavy atom. The van der Waals surface area contributed by atoms with Crippen molar-refractivity contribution < 1.29 is 18.3 Å². The average Bonchev–Trinajstić information content (AvgIpc) is 2.79. The van der Waals surface area contributed by atoms with Gasteiger partial charge in [-0.2, -0.15) is 0 Å². The summed E-state index contributed by atoms with van der Waals surface area (Å²) < 4.78 is 38.0. The molecule has 1 aliphatic rings. The van der Waals surface area contributed by atoms with E-state index in [1.165, 1.54) is 12.1 Å². The maximum absolute atomic E-state index is 14.1. The smallest absolute Gasteiger partial charge is 0.149 e. The molecular weight excluding hydrogens is 390 g/mol. The van der Waals surface area contributed by atoms with E-state index >= 15 is 0 Å². The van der Waals surface area contributed by atoms with Crippen molar-refractivity contribution in [1.29, 1.82) is 0 Å². The van der Waals surface area contributed by atoms with Crippen molar-refractivity contribution in [3.8, 4) is 22.8 Å². The van der Waals surface area contributed by atoms with E-state index in [2.05, 4.69) is 9.88 Å². The Balaban J connectivity index is 1.53. The molecule has 2 aromatic carbocycles. The second-order valence-corrected chi connectivity index (χ2v) is 6.90. The molecule has 2 heterocycles. The number of methoxy groups -OCH3 is 2. The first-order valence-electron chi connectivity index (χ1n) is 9.58. The van der Waals surface area contributed by atoms with Gasteiger partial charge in [0.2, 0.25) is 0 Å². The number of benzene rings is 2. The van der Waals surface area contributed by atoms with Gasteiger partial charge in [0, 0.05) is 37.8 Å². The zero-order valence-electron chi connectivity index (χ0n) is 16.8. The summed E-state index contributed by atoms with van der Waals surface area (Å²) in [5.41, 5.74) is 1.88. The summed E-state index contributed by atoms with van der Waals surface area (Å²) in [5.74, 6) is 0.994. The van der Waals surface area contributed by atoms with Crippen LogP contribution in [0.1, 0.15) is 0 Å². The molecule has 1 aliphatic heterocycles. The van der Waals surface area contributed by atoms with E-state index < -0.39 is 11.6 Å². The number of hydrogen-bond donors (Lipinski definition) is 0. The first kappa shape index (κ1) is 19.9. The van der Waals surface area contributed by atoms with Crippen LogP contribution in [-0.2, 0) is 0 Å². The number of piperazine rings is 1. The topological polar surface area (TPSA) is 50.7 Å². The Morgan fingerprint density at radius 3 is 2.33 bits per heavy atom. The van der Waals surface area contributed by atoms with Gasteiger partial charge >= 0.3 is 0 Å². The van der Waals surface area contributed by atoms with Crippen LogP contribution < -0.4 is 19.3 Å².